The molecular weight excluding hydrogens is 336 g/mol. The fourth-order valence-electron chi connectivity index (χ4n) is 3.87. The summed E-state index contributed by atoms with van der Waals surface area (Å²) in [6.07, 6.45) is 0.628. The van der Waals surface area contributed by atoms with Gasteiger partial charge in [0.1, 0.15) is 6.17 Å². The molecule has 5 heteroatoms. The Morgan fingerprint density at radius 1 is 1.07 bits per heavy atom. The second kappa shape index (κ2) is 7.53. The van der Waals surface area contributed by atoms with Crippen molar-refractivity contribution in [3.8, 4) is 0 Å². The molecule has 0 radical (unpaired) electrons. The third-order valence-electron chi connectivity index (χ3n) is 5.47. The number of nitrogens with one attached hydrogen (secondary N) is 1. The van der Waals surface area contributed by atoms with Crippen LogP contribution >= 0.6 is 0 Å². The van der Waals surface area contributed by atoms with Gasteiger partial charge in [0.25, 0.3) is 0 Å². The van der Waals surface area contributed by atoms with Gasteiger partial charge in [-0.2, -0.15) is 5.10 Å². The van der Waals surface area contributed by atoms with Crippen molar-refractivity contribution in [2.45, 2.75) is 26.4 Å². The molecular formula is C22H26N4O. The zero-order valence-corrected chi connectivity index (χ0v) is 16.0. The summed E-state index contributed by atoms with van der Waals surface area (Å²) >= 11 is 0. The molecule has 2 aromatic carbocycles. The van der Waals surface area contributed by atoms with E-state index in [1.165, 1.54) is 16.7 Å². The number of amides is 1. The number of rotatable bonds is 3. The van der Waals surface area contributed by atoms with E-state index in [4.69, 9.17) is 5.10 Å². The van der Waals surface area contributed by atoms with E-state index in [-0.39, 0.29) is 12.1 Å². The molecule has 1 saturated heterocycles. The molecule has 1 atom stereocenters. The Hall–Kier alpha value is -2.66. The molecule has 0 bridgehead atoms. The van der Waals surface area contributed by atoms with E-state index < -0.39 is 0 Å². The summed E-state index contributed by atoms with van der Waals surface area (Å²) in [5.41, 5.74) is 9.16. The summed E-state index contributed by atoms with van der Waals surface area (Å²) in [6.45, 7) is 7.29. The highest BCUT2D eigenvalue weighted by Gasteiger charge is 2.31. The molecule has 0 spiro atoms. The largest absolute Gasteiger partial charge is 0.340 e. The number of nitrogens with zero attached hydrogens (tertiary/aromatic N) is 3. The lowest BCUT2D eigenvalue weighted by atomic mass is 9.94. The van der Waals surface area contributed by atoms with Crippen LogP contribution in [0.2, 0.25) is 0 Å². The third-order valence-corrected chi connectivity index (χ3v) is 5.47. The number of aryl methyl sites for hydroxylation is 1. The van der Waals surface area contributed by atoms with Crippen LogP contribution in [0.25, 0.3) is 0 Å². The minimum atomic E-state index is 0.0503. The zero-order chi connectivity index (χ0) is 18.8. The average Bonchev–Trinajstić information content (AvgIpc) is 2.73. The predicted octanol–water partition coefficient (Wildman–Crippen LogP) is 2.90. The van der Waals surface area contributed by atoms with Gasteiger partial charge < -0.3 is 4.90 Å². The molecule has 1 amide bonds. The van der Waals surface area contributed by atoms with Crippen LogP contribution in [0.3, 0.4) is 0 Å². The molecule has 2 aliphatic rings. The first-order valence-corrected chi connectivity index (χ1v) is 9.68. The van der Waals surface area contributed by atoms with Crippen LogP contribution < -0.4 is 5.43 Å². The predicted molar refractivity (Wildman–Crippen MR) is 108 cm³/mol. The molecule has 1 unspecified atom stereocenters. The number of piperazine rings is 1. The smallest absolute Gasteiger partial charge is 0.222 e. The average molecular weight is 362 g/mol. The molecule has 0 saturated carbocycles. The van der Waals surface area contributed by atoms with Crippen molar-refractivity contribution in [1.29, 1.82) is 0 Å². The monoisotopic (exact) mass is 362 g/mol. The maximum Gasteiger partial charge on any atom is 0.222 e. The Kier molecular flexibility index (Phi) is 4.94. The van der Waals surface area contributed by atoms with Crippen molar-refractivity contribution >= 4 is 11.6 Å². The second-order valence-electron chi connectivity index (χ2n) is 7.22. The molecule has 0 aliphatic carbocycles. The Morgan fingerprint density at radius 3 is 2.48 bits per heavy atom. The summed E-state index contributed by atoms with van der Waals surface area (Å²) < 4.78 is 0. The van der Waals surface area contributed by atoms with Crippen LogP contribution in [0, 0.1) is 6.92 Å². The van der Waals surface area contributed by atoms with E-state index >= 15 is 0 Å². The van der Waals surface area contributed by atoms with E-state index in [2.05, 4.69) is 65.8 Å². The molecule has 2 aromatic rings. The van der Waals surface area contributed by atoms with Gasteiger partial charge in [-0.1, -0.05) is 61.0 Å². The van der Waals surface area contributed by atoms with Gasteiger partial charge in [-0.3, -0.25) is 15.1 Å². The highest BCUT2D eigenvalue weighted by molar-refractivity contribution is 6.14. The molecule has 140 valence electrons. The second-order valence-corrected chi connectivity index (χ2v) is 7.22. The SMILES string of the molecule is CCC(=O)N1CCN(C2NN=C(c3ccc(C)cc3)c3ccccc32)CC1. The summed E-state index contributed by atoms with van der Waals surface area (Å²) in [5, 5.41) is 4.74. The molecule has 1 N–H and O–H groups in total. The molecule has 4 rings (SSSR count). The van der Waals surface area contributed by atoms with E-state index in [9.17, 15) is 4.79 Å². The third kappa shape index (κ3) is 3.47. The van der Waals surface area contributed by atoms with Crippen molar-refractivity contribution in [1.82, 2.24) is 15.2 Å². The topological polar surface area (TPSA) is 47.9 Å². The van der Waals surface area contributed by atoms with E-state index in [1.807, 2.05) is 11.8 Å². The van der Waals surface area contributed by atoms with Crippen LogP contribution in [-0.4, -0.2) is 47.6 Å². The van der Waals surface area contributed by atoms with Gasteiger partial charge >= 0.3 is 0 Å². The Morgan fingerprint density at radius 2 is 1.78 bits per heavy atom. The maximum absolute atomic E-state index is 11.9. The summed E-state index contributed by atoms with van der Waals surface area (Å²) in [6, 6.07) is 17.0. The molecule has 27 heavy (non-hydrogen) atoms. The van der Waals surface area contributed by atoms with E-state index in [0.29, 0.717) is 6.42 Å². The summed E-state index contributed by atoms with van der Waals surface area (Å²) in [4.78, 5) is 16.3. The van der Waals surface area contributed by atoms with E-state index in [0.717, 1.165) is 37.5 Å². The first kappa shape index (κ1) is 17.7. The highest BCUT2D eigenvalue weighted by Crippen LogP contribution is 2.29. The van der Waals surface area contributed by atoms with Gasteiger partial charge in [0, 0.05) is 43.7 Å². The van der Waals surface area contributed by atoms with Crippen LogP contribution in [0.4, 0.5) is 0 Å². The van der Waals surface area contributed by atoms with Gasteiger partial charge in [-0.05, 0) is 12.5 Å². The van der Waals surface area contributed by atoms with Crippen molar-refractivity contribution in [2.75, 3.05) is 26.2 Å². The fourth-order valence-corrected chi connectivity index (χ4v) is 3.87. The van der Waals surface area contributed by atoms with Gasteiger partial charge in [-0.15, -0.1) is 0 Å². The number of hydrogen-bond donors (Lipinski definition) is 1. The van der Waals surface area contributed by atoms with Crippen LogP contribution in [0.5, 0.6) is 0 Å². The highest BCUT2D eigenvalue weighted by atomic mass is 16.2. The molecule has 2 heterocycles. The first-order valence-electron chi connectivity index (χ1n) is 9.68. The molecule has 1 fully saturated rings. The number of hydrazone groups is 1. The van der Waals surface area contributed by atoms with Crippen molar-refractivity contribution in [3.63, 3.8) is 0 Å². The number of benzene rings is 2. The van der Waals surface area contributed by atoms with Crippen molar-refractivity contribution in [2.24, 2.45) is 5.10 Å². The molecule has 2 aliphatic heterocycles. The minimum absolute atomic E-state index is 0.0503. The Bertz CT molecular complexity index is 851. The molecule has 0 aromatic heterocycles. The van der Waals surface area contributed by atoms with Gasteiger partial charge in [-0.25, -0.2) is 0 Å². The van der Waals surface area contributed by atoms with Gasteiger partial charge in [0.2, 0.25) is 5.91 Å². The zero-order valence-electron chi connectivity index (χ0n) is 16.0. The van der Waals surface area contributed by atoms with Crippen molar-refractivity contribution in [3.05, 3.63) is 70.8 Å². The Balaban J connectivity index is 1.58. The number of carbonyl (C=O) groups excluding carboxylic acids is 1. The Labute approximate surface area is 160 Å². The lowest BCUT2D eigenvalue weighted by molar-refractivity contribution is -0.133. The first-order chi connectivity index (χ1) is 13.2. The lowest BCUT2D eigenvalue weighted by Crippen LogP contribution is -2.52. The number of fused-ring (bicyclic) bond motifs is 1. The molecule has 5 nitrogen and oxygen atoms in total. The van der Waals surface area contributed by atoms with Crippen LogP contribution in [-0.2, 0) is 4.79 Å². The van der Waals surface area contributed by atoms with Crippen LogP contribution in [0.1, 0.15) is 41.8 Å². The minimum Gasteiger partial charge on any atom is -0.340 e. The fraction of sp³-hybridized carbons (Fsp3) is 0.364. The summed E-state index contributed by atoms with van der Waals surface area (Å²) in [7, 11) is 0. The standard InChI is InChI=1S/C22H26N4O/c1-3-20(27)25-12-14-26(15-13-25)22-19-7-5-4-6-18(19)21(23-24-22)17-10-8-16(2)9-11-17/h4-11,22,24H,3,12-15H2,1-2H3. The quantitative estimate of drug-likeness (QED) is 0.913. The number of carbonyl (C=O) groups is 1. The van der Waals surface area contributed by atoms with Crippen LogP contribution in [0.15, 0.2) is 53.6 Å². The van der Waals surface area contributed by atoms with E-state index in [1.54, 1.807) is 0 Å². The number of hydrogen-bond acceptors (Lipinski definition) is 4. The van der Waals surface area contributed by atoms with Gasteiger partial charge in [0.15, 0.2) is 0 Å². The summed E-state index contributed by atoms with van der Waals surface area (Å²) in [5.74, 6) is 0.242. The normalized spacial score (nSPS) is 19.9. The maximum atomic E-state index is 11.9. The van der Waals surface area contributed by atoms with Crippen molar-refractivity contribution < 1.29 is 4.79 Å². The lowest BCUT2D eigenvalue weighted by Gasteiger charge is -2.41. The van der Waals surface area contributed by atoms with Gasteiger partial charge in [0.05, 0.1) is 5.71 Å².